The normalized spacial score (nSPS) is 11.0. The Balaban J connectivity index is 3.21. The third-order valence-electron chi connectivity index (χ3n) is 6.07. The van der Waals surface area contributed by atoms with Crippen LogP contribution in [0.1, 0.15) is 142 Å². The molecule has 0 unspecified atom stereocenters. The lowest BCUT2D eigenvalue weighted by atomic mass is 10.0. The van der Waals surface area contributed by atoms with Gasteiger partial charge in [-0.05, 0) is 19.3 Å². The molecule has 5 heteroatoms. The van der Waals surface area contributed by atoms with Crippen molar-refractivity contribution in [2.75, 3.05) is 26.9 Å². The smallest absolute Gasteiger partial charge is 0.305 e. The van der Waals surface area contributed by atoms with Crippen LogP contribution in [-0.4, -0.2) is 38.9 Å². The van der Waals surface area contributed by atoms with Crippen LogP contribution in [0.3, 0.4) is 0 Å². The van der Waals surface area contributed by atoms with Gasteiger partial charge in [-0.3, -0.25) is 9.59 Å². The molecule has 33 heavy (non-hydrogen) atoms. The van der Waals surface area contributed by atoms with Crippen LogP contribution in [0.2, 0.25) is 0 Å². The van der Waals surface area contributed by atoms with Crippen molar-refractivity contribution in [3.8, 4) is 0 Å². The highest BCUT2D eigenvalue weighted by Gasteiger charge is 2.04. The largest absolute Gasteiger partial charge is 0.466 e. The zero-order valence-electron chi connectivity index (χ0n) is 22.0. The monoisotopic (exact) mass is 470 g/mol. The van der Waals surface area contributed by atoms with Gasteiger partial charge in [-0.1, -0.05) is 110 Å². The van der Waals surface area contributed by atoms with Gasteiger partial charge in [0, 0.05) is 20.0 Å². The molecule has 0 amide bonds. The van der Waals surface area contributed by atoms with E-state index in [0.717, 1.165) is 44.9 Å². The Labute approximate surface area is 204 Å². The molecule has 0 aromatic carbocycles. The fraction of sp³-hybridized carbons (Fsp3) is 0.929. The van der Waals surface area contributed by atoms with E-state index in [2.05, 4.69) is 6.92 Å². The van der Waals surface area contributed by atoms with Gasteiger partial charge in [-0.25, -0.2) is 0 Å². The third kappa shape index (κ3) is 27.0. The maximum absolute atomic E-state index is 11.8. The summed E-state index contributed by atoms with van der Waals surface area (Å²) in [4.78, 5) is 23.2. The lowest BCUT2D eigenvalue weighted by Gasteiger charge is -2.06. The van der Waals surface area contributed by atoms with Crippen molar-refractivity contribution in [3.63, 3.8) is 0 Å². The van der Waals surface area contributed by atoms with Crippen molar-refractivity contribution in [1.82, 2.24) is 0 Å². The van der Waals surface area contributed by atoms with Crippen LogP contribution in [0.25, 0.3) is 0 Å². The van der Waals surface area contributed by atoms with Crippen molar-refractivity contribution in [3.05, 3.63) is 0 Å². The molecule has 0 aliphatic heterocycles. The molecule has 0 aliphatic rings. The molecule has 0 rings (SSSR count). The van der Waals surface area contributed by atoms with E-state index in [1.807, 2.05) is 0 Å². The molecule has 0 heterocycles. The summed E-state index contributed by atoms with van der Waals surface area (Å²) in [6, 6.07) is 0. The van der Waals surface area contributed by atoms with Crippen LogP contribution < -0.4 is 0 Å². The second-order valence-corrected chi connectivity index (χ2v) is 9.30. The standard InChI is InChI=1S/C28H54O5/c1-3-4-5-6-7-8-9-10-11-12-15-18-21-24-32-27(29)22-19-16-13-14-17-20-23-28(30)33-26-25-31-2/h3-26H2,1-2H3. The molecule has 0 atom stereocenters. The fourth-order valence-corrected chi connectivity index (χ4v) is 3.93. The lowest BCUT2D eigenvalue weighted by Crippen LogP contribution is -2.09. The third-order valence-corrected chi connectivity index (χ3v) is 6.07. The highest BCUT2D eigenvalue weighted by Crippen LogP contribution is 2.13. The highest BCUT2D eigenvalue weighted by molar-refractivity contribution is 5.69. The number of esters is 2. The molecule has 0 saturated carbocycles. The van der Waals surface area contributed by atoms with E-state index in [1.165, 1.54) is 77.0 Å². The van der Waals surface area contributed by atoms with Gasteiger partial charge in [-0.2, -0.15) is 0 Å². The molecule has 0 N–H and O–H groups in total. The zero-order valence-corrected chi connectivity index (χ0v) is 22.0. The summed E-state index contributed by atoms with van der Waals surface area (Å²) >= 11 is 0. The first-order valence-electron chi connectivity index (χ1n) is 14.0. The molecule has 0 saturated heterocycles. The average Bonchev–Trinajstić information content (AvgIpc) is 2.81. The van der Waals surface area contributed by atoms with Gasteiger partial charge in [-0.15, -0.1) is 0 Å². The maximum atomic E-state index is 11.8. The van der Waals surface area contributed by atoms with E-state index in [9.17, 15) is 9.59 Å². The van der Waals surface area contributed by atoms with E-state index < -0.39 is 0 Å². The van der Waals surface area contributed by atoms with E-state index >= 15 is 0 Å². The maximum Gasteiger partial charge on any atom is 0.305 e. The molecule has 0 fully saturated rings. The Hall–Kier alpha value is -1.10. The first-order chi connectivity index (χ1) is 16.2. The lowest BCUT2D eigenvalue weighted by molar-refractivity contribution is -0.145. The summed E-state index contributed by atoms with van der Waals surface area (Å²) < 4.78 is 15.2. The summed E-state index contributed by atoms with van der Waals surface area (Å²) in [6.45, 7) is 3.64. The van der Waals surface area contributed by atoms with Crippen molar-refractivity contribution >= 4 is 11.9 Å². The van der Waals surface area contributed by atoms with E-state index in [-0.39, 0.29) is 11.9 Å². The second-order valence-electron chi connectivity index (χ2n) is 9.30. The molecule has 0 aliphatic carbocycles. The minimum absolute atomic E-state index is 0.0484. The number of methoxy groups -OCH3 is 1. The van der Waals surface area contributed by atoms with Crippen LogP contribution >= 0.6 is 0 Å². The fourth-order valence-electron chi connectivity index (χ4n) is 3.93. The van der Waals surface area contributed by atoms with E-state index in [1.54, 1.807) is 7.11 Å². The Morgan fingerprint density at radius 1 is 0.455 bits per heavy atom. The molecular weight excluding hydrogens is 416 g/mol. The second kappa shape index (κ2) is 27.1. The van der Waals surface area contributed by atoms with Crippen molar-refractivity contribution in [2.45, 2.75) is 142 Å². The van der Waals surface area contributed by atoms with Crippen LogP contribution in [0, 0.1) is 0 Å². The number of rotatable bonds is 26. The quantitative estimate of drug-likeness (QED) is 0.0948. The van der Waals surface area contributed by atoms with Gasteiger partial charge in [0.1, 0.15) is 6.61 Å². The van der Waals surface area contributed by atoms with Gasteiger partial charge in [0.15, 0.2) is 0 Å². The summed E-state index contributed by atoms with van der Waals surface area (Å²) in [5.74, 6) is -0.189. The first kappa shape index (κ1) is 31.9. The van der Waals surface area contributed by atoms with E-state index in [0.29, 0.717) is 32.7 Å². The SMILES string of the molecule is CCCCCCCCCCCCCCCOC(=O)CCCCCCCCC(=O)OCCOC. The Kier molecular flexibility index (Phi) is 26.2. The number of carbonyl (C=O) groups is 2. The predicted molar refractivity (Wildman–Crippen MR) is 136 cm³/mol. The van der Waals surface area contributed by atoms with Gasteiger partial charge in [0.2, 0.25) is 0 Å². The van der Waals surface area contributed by atoms with Crippen LogP contribution in [0.5, 0.6) is 0 Å². The van der Waals surface area contributed by atoms with Gasteiger partial charge < -0.3 is 14.2 Å². The topological polar surface area (TPSA) is 61.8 Å². The summed E-state index contributed by atoms with van der Waals surface area (Å²) in [7, 11) is 1.59. The molecular formula is C28H54O5. The Bertz CT molecular complexity index is 425. The van der Waals surface area contributed by atoms with Crippen molar-refractivity contribution in [1.29, 1.82) is 0 Å². The number of ether oxygens (including phenoxy) is 3. The van der Waals surface area contributed by atoms with Gasteiger partial charge >= 0.3 is 11.9 Å². The van der Waals surface area contributed by atoms with Crippen molar-refractivity contribution < 1.29 is 23.8 Å². The first-order valence-corrected chi connectivity index (χ1v) is 14.0. The highest BCUT2D eigenvalue weighted by atomic mass is 16.6. The molecule has 0 bridgehead atoms. The Morgan fingerprint density at radius 2 is 0.818 bits per heavy atom. The molecule has 0 aromatic rings. The zero-order chi connectivity index (χ0) is 24.2. The van der Waals surface area contributed by atoms with Crippen LogP contribution in [-0.2, 0) is 23.8 Å². The number of unbranched alkanes of at least 4 members (excludes halogenated alkanes) is 17. The molecule has 5 nitrogen and oxygen atoms in total. The summed E-state index contributed by atoms with van der Waals surface area (Å²) in [6.07, 6.45) is 24.3. The van der Waals surface area contributed by atoms with Gasteiger partial charge in [0.25, 0.3) is 0 Å². The minimum Gasteiger partial charge on any atom is -0.466 e. The summed E-state index contributed by atoms with van der Waals surface area (Å²) in [5, 5.41) is 0. The molecule has 0 aromatic heterocycles. The van der Waals surface area contributed by atoms with Crippen molar-refractivity contribution in [2.24, 2.45) is 0 Å². The molecule has 0 radical (unpaired) electrons. The van der Waals surface area contributed by atoms with Crippen LogP contribution in [0.4, 0.5) is 0 Å². The van der Waals surface area contributed by atoms with Crippen LogP contribution in [0.15, 0.2) is 0 Å². The minimum atomic E-state index is -0.140. The molecule has 0 spiro atoms. The number of hydrogen-bond donors (Lipinski definition) is 0. The number of hydrogen-bond acceptors (Lipinski definition) is 5. The van der Waals surface area contributed by atoms with E-state index in [4.69, 9.17) is 14.2 Å². The Morgan fingerprint density at radius 3 is 1.24 bits per heavy atom. The van der Waals surface area contributed by atoms with Gasteiger partial charge in [0.05, 0.1) is 13.2 Å². The number of carbonyl (C=O) groups excluding carboxylic acids is 2. The molecule has 196 valence electrons. The predicted octanol–water partition coefficient (Wildman–Crippen LogP) is 7.93. The average molecular weight is 471 g/mol. The summed E-state index contributed by atoms with van der Waals surface area (Å²) in [5.41, 5.74) is 0.